The molecule has 2 aromatic carbocycles. The number of carbonyl (C=O) groups is 2. The molecule has 1 unspecified atom stereocenters. The molecule has 1 saturated heterocycles. The van der Waals surface area contributed by atoms with Gasteiger partial charge in [-0.3, -0.25) is 14.4 Å². The number of anilines is 1. The zero-order valence-electron chi connectivity index (χ0n) is 20.2. The van der Waals surface area contributed by atoms with E-state index in [0.29, 0.717) is 17.1 Å². The number of hydrogen-bond acceptors (Lipinski definition) is 4. The monoisotopic (exact) mass is 513 g/mol. The first kappa shape index (κ1) is 25.6. The lowest BCUT2D eigenvalue weighted by Crippen LogP contribution is -2.54. The topological polar surface area (TPSA) is 62.6 Å². The summed E-state index contributed by atoms with van der Waals surface area (Å²) in [5.74, 6) is -2.41. The fourth-order valence-electron chi connectivity index (χ4n) is 4.66. The van der Waals surface area contributed by atoms with Crippen molar-refractivity contribution in [1.82, 2.24) is 9.47 Å². The molecule has 1 fully saturated rings. The zero-order chi connectivity index (χ0) is 26.1. The fraction of sp³-hybridized carbons (Fsp3) is 0.296. The van der Waals surface area contributed by atoms with Gasteiger partial charge in [-0.2, -0.15) is 0 Å². The molecule has 0 spiro atoms. The van der Waals surface area contributed by atoms with Gasteiger partial charge in [-0.25, -0.2) is 8.78 Å². The van der Waals surface area contributed by atoms with Crippen LogP contribution in [-0.4, -0.2) is 46.8 Å². The Morgan fingerprint density at radius 1 is 1.17 bits per heavy atom. The van der Waals surface area contributed by atoms with E-state index in [-0.39, 0.29) is 53.7 Å². The summed E-state index contributed by atoms with van der Waals surface area (Å²) < 4.78 is 32.6. The first-order chi connectivity index (χ1) is 17.1. The van der Waals surface area contributed by atoms with Crippen LogP contribution in [0.2, 0.25) is 5.02 Å². The maximum Gasteiger partial charge on any atom is 0.219 e. The van der Waals surface area contributed by atoms with Gasteiger partial charge in [-0.15, -0.1) is 0 Å². The number of rotatable bonds is 5. The van der Waals surface area contributed by atoms with Crippen LogP contribution in [-0.2, 0) is 11.3 Å². The van der Waals surface area contributed by atoms with E-state index >= 15 is 8.78 Å². The molecule has 0 radical (unpaired) electrons. The standard InChI is InChI=1S/C27H26ClF2N3O3/c1-4-31-15-21(23(35)10-7-18-5-8-19(28)9-6-18)27(36)20-13-22(29)26(24(30)25(20)31)32-11-12-33(17(3)34)16(2)14-32/h5-10,13,15-16H,4,11-12,14H2,1-3H3/b10-7+. The SMILES string of the molecule is CCn1cc(C(=O)/C=C/c2ccc(Cl)cc2)c(=O)c2cc(F)c(N3CCN(C(C)=O)C(C)C3)c(F)c21. The van der Waals surface area contributed by atoms with Crippen LogP contribution in [0.1, 0.15) is 36.7 Å². The quantitative estimate of drug-likeness (QED) is 0.359. The third-order valence-electron chi connectivity index (χ3n) is 6.48. The molecule has 1 aliphatic heterocycles. The van der Waals surface area contributed by atoms with Crippen molar-refractivity contribution in [2.45, 2.75) is 33.4 Å². The van der Waals surface area contributed by atoms with Crippen LogP contribution in [0.4, 0.5) is 14.5 Å². The van der Waals surface area contributed by atoms with Gasteiger partial charge < -0.3 is 14.4 Å². The number of amides is 1. The molecule has 6 nitrogen and oxygen atoms in total. The Bertz CT molecular complexity index is 1430. The first-order valence-corrected chi connectivity index (χ1v) is 12.1. The number of piperazine rings is 1. The lowest BCUT2D eigenvalue weighted by Gasteiger charge is -2.40. The molecule has 1 atom stereocenters. The molecule has 1 amide bonds. The largest absolute Gasteiger partial charge is 0.363 e. The van der Waals surface area contributed by atoms with E-state index in [2.05, 4.69) is 0 Å². The van der Waals surface area contributed by atoms with Gasteiger partial charge in [0.15, 0.2) is 11.6 Å². The number of nitrogens with zero attached hydrogens (tertiary/aromatic N) is 3. The number of carbonyl (C=O) groups excluding carboxylic acids is 2. The van der Waals surface area contributed by atoms with E-state index in [9.17, 15) is 14.4 Å². The van der Waals surface area contributed by atoms with Crippen LogP contribution >= 0.6 is 11.6 Å². The van der Waals surface area contributed by atoms with Crippen LogP contribution in [0.25, 0.3) is 17.0 Å². The summed E-state index contributed by atoms with van der Waals surface area (Å²) in [6.45, 7) is 6.13. The lowest BCUT2D eigenvalue weighted by atomic mass is 10.0. The van der Waals surface area contributed by atoms with E-state index in [1.165, 1.54) is 23.8 Å². The number of aromatic nitrogens is 1. The highest BCUT2D eigenvalue weighted by Crippen LogP contribution is 2.31. The fourth-order valence-corrected chi connectivity index (χ4v) is 4.78. The van der Waals surface area contributed by atoms with Gasteiger partial charge in [-0.05, 0) is 43.7 Å². The second-order valence-electron chi connectivity index (χ2n) is 8.83. The van der Waals surface area contributed by atoms with Gasteiger partial charge >= 0.3 is 0 Å². The summed E-state index contributed by atoms with van der Waals surface area (Å²) in [6.07, 6.45) is 4.12. The number of halogens is 3. The molecule has 188 valence electrons. The molecule has 0 bridgehead atoms. The molecule has 3 aromatic rings. The zero-order valence-corrected chi connectivity index (χ0v) is 21.0. The maximum atomic E-state index is 15.8. The number of allylic oxidation sites excluding steroid dienone is 1. The Morgan fingerprint density at radius 3 is 2.47 bits per heavy atom. The first-order valence-electron chi connectivity index (χ1n) is 11.7. The molecule has 36 heavy (non-hydrogen) atoms. The van der Waals surface area contributed by atoms with Crippen molar-refractivity contribution >= 4 is 46.0 Å². The molecular formula is C27H26ClF2N3O3. The summed E-state index contributed by atoms with van der Waals surface area (Å²) in [5.41, 5.74) is -0.491. The van der Waals surface area contributed by atoms with E-state index in [1.807, 2.05) is 6.92 Å². The number of pyridine rings is 1. The van der Waals surface area contributed by atoms with Crippen molar-refractivity contribution in [3.8, 4) is 0 Å². The van der Waals surface area contributed by atoms with Gasteiger partial charge in [-0.1, -0.05) is 29.8 Å². The molecule has 0 saturated carbocycles. The van der Waals surface area contributed by atoms with E-state index < -0.39 is 22.8 Å². The predicted octanol–water partition coefficient (Wildman–Crippen LogP) is 4.91. The average molecular weight is 514 g/mol. The highest BCUT2D eigenvalue weighted by Gasteiger charge is 2.30. The van der Waals surface area contributed by atoms with Crippen molar-refractivity contribution < 1.29 is 18.4 Å². The summed E-state index contributed by atoms with van der Waals surface area (Å²) in [7, 11) is 0. The predicted molar refractivity (Wildman–Crippen MR) is 138 cm³/mol. The van der Waals surface area contributed by atoms with Crippen LogP contribution in [0.15, 0.2) is 47.4 Å². The molecular weight excluding hydrogens is 488 g/mol. The molecule has 0 N–H and O–H groups in total. The van der Waals surface area contributed by atoms with Crippen LogP contribution < -0.4 is 10.3 Å². The number of fused-ring (bicyclic) bond motifs is 1. The molecule has 4 rings (SSSR count). The molecule has 9 heteroatoms. The van der Waals surface area contributed by atoms with Crippen molar-refractivity contribution in [1.29, 1.82) is 0 Å². The van der Waals surface area contributed by atoms with Gasteiger partial charge in [0.2, 0.25) is 11.3 Å². The Labute approximate surface area is 212 Å². The smallest absolute Gasteiger partial charge is 0.219 e. The normalized spacial score (nSPS) is 16.2. The Kier molecular flexibility index (Phi) is 7.26. The number of ketones is 1. The summed E-state index contributed by atoms with van der Waals surface area (Å²) in [5, 5.41) is 0.356. The van der Waals surface area contributed by atoms with Gasteiger partial charge in [0.05, 0.1) is 16.5 Å². The van der Waals surface area contributed by atoms with E-state index in [1.54, 1.807) is 47.1 Å². The van der Waals surface area contributed by atoms with Crippen molar-refractivity contribution in [3.63, 3.8) is 0 Å². The van der Waals surface area contributed by atoms with Gasteiger partial charge in [0.1, 0.15) is 11.5 Å². The van der Waals surface area contributed by atoms with Crippen LogP contribution in [0.5, 0.6) is 0 Å². The molecule has 1 aliphatic rings. The lowest BCUT2D eigenvalue weighted by molar-refractivity contribution is -0.131. The van der Waals surface area contributed by atoms with E-state index in [0.717, 1.165) is 6.07 Å². The highest BCUT2D eigenvalue weighted by atomic mass is 35.5. The Morgan fingerprint density at radius 2 is 1.86 bits per heavy atom. The second-order valence-corrected chi connectivity index (χ2v) is 9.27. The van der Waals surface area contributed by atoms with E-state index in [4.69, 9.17) is 11.6 Å². The number of hydrogen-bond donors (Lipinski definition) is 0. The summed E-state index contributed by atoms with van der Waals surface area (Å²) in [6, 6.07) is 7.57. The second kappa shape index (κ2) is 10.2. The molecule has 0 aliphatic carbocycles. The minimum atomic E-state index is -0.885. The molecule has 2 heterocycles. The minimum Gasteiger partial charge on any atom is -0.363 e. The van der Waals surface area contributed by atoms with Crippen molar-refractivity contribution in [3.05, 3.63) is 80.6 Å². The van der Waals surface area contributed by atoms with Gasteiger partial charge in [0, 0.05) is 50.4 Å². The van der Waals surface area contributed by atoms with Crippen LogP contribution in [0, 0.1) is 11.6 Å². The molecule has 1 aromatic heterocycles. The highest BCUT2D eigenvalue weighted by molar-refractivity contribution is 6.30. The van der Waals surface area contributed by atoms with Crippen molar-refractivity contribution in [2.24, 2.45) is 0 Å². The Balaban J connectivity index is 1.76. The summed E-state index contributed by atoms with van der Waals surface area (Å²) in [4.78, 5) is 41.1. The average Bonchev–Trinajstić information content (AvgIpc) is 2.84. The Hall–Kier alpha value is -3.52. The van der Waals surface area contributed by atoms with Crippen LogP contribution in [0.3, 0.4) is 0 Å². The maximum absolute atomic E-state index is 15.8. The third-order valence-corrected chi connectivity index (χ3v) is 6.73. The van der Waals surface area contributed by atoms with Crippen molar-refractivity contribution in [2.75, 3.05) is 24.5 Å². The minimum absolute atomic E-state index is 0.0567. The number of benzene rings is 2. The van der Waals surface area contributed by atoms with Gasteiger partial charge in [0.25, 0.3) is 0 Å². The summed E-state index contributed by atoms with van der Waals surface area (Å²) >= 11 is 5.88. The third kappa shape index (κ3) is 4.78. The number of aryl methyl sites for hydroxylation is 1.